The summed E-state index contributed by atoms with van der Waals surface area (Å²) in [5.74, 6) is 1.05. The number of piperidine rings is 1. The lowest BCUT2D eigenvalue weighted by Crippen LogP contribution is -2.44. The SMILES string of the molecule is O=C(Nc1nnc(CSCc2ccccc2)s1)C1CCN(C(=O)C2CC(=O)N(c3ccccc3)C2)CC1. The van der Waals surface area contributed by atoms with Crippen LogP contribution in [-0.4, -0.2) is 52.5 Å². The molecule has 0 spiro atoms. The van der Waals surface area contributed by atoms with Crippen molar-refractivity contribution in [1.29, 1.82) is 0 Å². The van der Waals surface area contributed by atoms with Gasteiger partial charge in [0.05, 0.1) is 5.92 Å². The van der Waals surface area contributed by atoms with Crippen molar-refractivity contribution in [2.75, 3.05) is 29.9 Å². The van der Waals surface area contributed by atoms with Crippen LogP contribution in [0.2, 0.25) is 0 Å². The number of aromatic nitrogens is 2. The smallest absolute Gasteiger partial charge is 0.229 e. The molecule has 0 aliphatic carbocycles. The van der Waals surface area contributed by atoms with Crippen molar-refractivity contribution in [3.05, 3.63) is 71.2 Å². The van der Waals surface area contributed by atoms with Gasteiger partial charge in [0.1, 0.15) is 5.01 Å². The molecule has 2 saturated heterocycles. The Morgan fingerprint density at radius 2 is 1.65 bits per heavy atom. The maximum atomic E-state index is 13.1. The number of carbonyl (C=O) groups is 3. The number of nitrogens with one attached hydrogen (secondary N) is 1. The molecule has 5 rings (SSSR count). The molecule has 192 valence electrons. The van der Waals surface area contributed by atoms with E-state index < -0.39 is 0 Å². The number of nitrogens with zero attached hydrogens (tertiary/aromatic N) is 4. The van der Waals surface area contributed by atoms with Gasteiger partial charge in [-0.05, 0) is 30.5 Å². The van der Waals surface area contributed by atoms with Crippen molar-refractivity contribution in [3.8, 4) is 0 Å². The van der Waals surface area contributed by atoms with Crippen LogP contribution < -0.4 is 10.2 Å². The molecule has 2 aliphatic heterocycles. The van der Waals surface area contributed by atoms with E-state index >= 15 is 0 Å². The van der Waals surface area contributed by atoms with Gasteiger partial charge < -0.3 is 15.1 Å². The van der Waals surface area contributed by atoms with Crippen LogP contribution in [0.25, 0.3) is 0 Å². The molecule has 2 fully saturated rings. The average Bonchev–Trinajstić information content (AvgIpc) is 3.55. The molecule has 1 aromatic heterocycles. The fourth-order valence-electron chi connectivity index (χ4n) is 4.75. The molecule has 3 amide bonds. The van der Waals surface area contributed by atoms with Crippen LogP contribution in [0, 0.1) is 11.8 Å². The molecule has 1 atom stereocenters. The minimum absolute atomic E-state index is 0.00686. The summed E-state index contributed by atoms with van der Waals surface area (Å²) in [7, 11) is 0. The molecule has 0 bridgehead atoms. The van der Waals surface area contributed by atoms with Crippen molar-refractivity contribution in [2.24, 2.45) is 11.8 Å². The third kappa shape index (κ3) is 6.37. The van der Waals surface area contributed by atoms with Crippen LogP contribution in [0.5, 0.6) is 0 Å². The predicted molar refractivity (Wildman–Crippen MR) is 146 cm³/mol. The number of carbonyl (C=O) groups excluding carboxylic acids is 3. The standard InChI is InChI=1S/C27H29N5O3S2/c33-24-15-21(16-32(24)22-9-5-2-6-10-22)26(35)31-13-11-20(12-14-31)25(34)28-27-30-29-23(37-27)18-36-17-19-7-3-1-4-8-19/h1-10,20-21H,11-18H2,(H,28,30,34). The van der Waals surface area contributed by atoms with Crippen LogP contribution in [-0.2, 0) is 25.9 Å². The number of thioether (sulfide) groups is 1. The van der Waals surface area contributed by atoms with E-state index in [1.165, 1.54) is 16.9 Å². The Balaban J connectivity index is 1.06. The lowest BCUT2D eigenvalue weighted by atomic mass is 9.94. The molecule has 37 heavy (non-hydrogen) atoms. The molecule has 1 unspecified atom stereocenters. The lowest BCUT2D eigenvalue weighted by Gasteiger charge is -2.32. The van der Waals surface area contributed by atoms with Crippen molar-refractivity contribution < 1.29 is 14.4 Å². The minimum atomic E-state index is -0.336. The first kappa shape index (κ1) is 25.4. The van der Waals surface area contributed by atoms with Crippen LogP contribution in [0.3, 0.4) is 0 Å². The normalized spacial score (nSPS) is 18.3. The number of amides is 3. The Bertz CT molecular complexity index is 1230. The molecule has 1 N–H and O–H groups in total. The number of hydrogen-bond donors (Lipinski definition) is 1. The Morgan fingerprint density at radius 1 is 0.946 bits per heavy atom. The van der Waals surface area contributed by atoms with E-state index in [4.69, 9.17) is 0 Å². The second-order valence-corrected chi connectivity index (χ2v) is 11.4. The Hall–Kier alpha value is -3.24. The summed E-state index contributed by atoms with van der Waals surface area (Å²) in [6.07, 6.45) is 1.43. The van der Waals surface area contributed by atoms with Gasteiger partial charge in [-0.1, -0.05) is 59.9 Å². The maximum absolute atomic E-state index is 13.1. The van der Waals surface area contributed by atoms with E-state index in [9.17, 15) is 14.4 Å². The van der Waals surface area contributed by atoms with E-state index in [1.807, 2.05) is 53.4 Å². The van der Waals surface area contributed by atoms with Gasteiger partial charge in [0.15, 0.2) is 0 Å². The second-order valence-electron chi connectivity index (χ2n) is 9.31. The summed E-state index contributed by atoms with van der Waals surface area (Å²) in [5, 5.41) is 12.7. The highest BCUT2D eigenvalue weighted by molar-refractivity contribution is 7.97. The summed E-state index contributed by atoms with van der Waals surface area (Å²) in [5.41, 5.74) is 2.09. The van der Waals surface area contributed by atoms with Crippen molar-refractivity contribution in [2.45, 2.75) is 30.8 Å². The molecular formula is C27H29N5O3S2. The van der Waals surface area contributed by atoms with E-state index in [-0.39, 0.29) is 36.0 Å². The van der Waals surface area contributed by atoms with Crippen molar-refractivity contribution in [3.63, 3.8) is 0 Å². The first-order valence-corrected chi connectivity index (χ1v) is 14.4. The third-order valence-electron chi connectivity index (χ3n) is 6.75. The first-order valence-electron chi connectivity index (χ1n) is 12.5. The average molecular weight is 536 g/mol. The summed E-state index contributed by atoms with van der Waals surface area (Å²) in [6, 6.07) is 19.7. The van der Waals surface area contributed by atoms with Crippen molar-refractivity contribution >= 4 is 51.6 Å². The molecule has 2 aromatic carbocycles. The zero-order valence-electron chi connectivity index (χ0n) is 20.4. The van der Waals surface area contributed by atoms with Crippen LogP contribution in [0.4, 0.5) is 10.8 Å². The van der Waals surface area contributed by atoms with E-state index in [0.717, 1.165) is 22.2 Å². The van der Waals surface area contributed by atoms with E-state index in [1.54, 1.807) is 16.7 Å². The van der Waals surface area contributed by atoms with Gasteiger partial charge >= 0.3 is 0 Å². The number of benzene rings is 2. The fourth-order valence-corrected chi connectivity index (χ4v) is 6.54. The van der Waals surface area contributed by atoms with Gasteiger partial charge in [-0.15, -0.1) is 22.0 Å². The first-order chi connectivity index (χ1) is 18.1. The molecule has 10 heteroatoms. The van der Waals surface area contributed by atoms with Crippen LogP contribution in [0.15, 0.2) is 60.7 Å². The molecular weight excluding hydrogens is 506 g/mol. The van der Waals surface area contributed by atoms with Gasteiger partial charge in [0.2, 0.25) is 22.9 Å². The summed E-state index contributed by atoms with van der Waals surface area (Å²) >= 11 is 3.17. The lowest BCUT2D eigenvalue weighted by molar-refractivity contribution is -0.138. The number of hydrogen-bond acceptors (Lipinski definition) is 7. The van der Waals surface area contributed by atoms with Gasteiger partial charge in [0, 0.05) is 49.2 Å². The Kier molecular flexibility index (Phi) is 8.15. The predicted octanol–water partition coefficient (Wildman–Crippen LogP) is 4.20. The number of para-hydroxylation sites is 1. The highest BCUT2D eigenvalue weighted by Gasteiger charge is 2.38. The second kappa shape index (κ2) is 11.9. The van der Waals surface area contributed by atoms with Gasteiger partial charge in [-0.3, -0.25) is 14.4 Å². The van der Waals surface area contributed by atoms with Gasteiger partial charge in [-0.2, -0.15) is 0 Å². The Morgan fingerprint density at radius 3 is 2.38 bits per heavy atom. The Labute approximate surface area is 224 Å². The zero-order chi connectivity index (χ0) is 25.6. The van der Waals surface area contributed by atoms with Crippen LogP contribution >= 0.6 is 23.1 Å². The quantitative estimate of drug-likeness (QED) is 0.465. The molecule has 0 saturated carbocycles. The number of likely N-dealkylation sites (tertiary alicyclic amines) is 1. The summed E-state index contributed by atoms with van der Waals surface area (Å²) < 4.78 is 0. The molecule has 2 aliphatic rings. The monoisotopic (exact) mass is 535 g/mol. The van der Waals surface area contributed by atoms with Crippen LogP contribution in [0.1, 0.15) is 29.8 Å². The third-order valence-corrected chi connectivity index (χ3v) is 8.79. The molecule has 3 heterocycles. The minimum Gasteiger partial charge on any atom is -0.342 e. The molecule has 8 nitrogen and oxygen atoms in total. The maximum Gasteiger partial charge on any atom is 0.229 e. The zero-order valence-corrected chi connectivity index (χ0v) is 22.0. The molecule has 3 aromatic rings. The summed E-state index contributed by atoms with van der Waals surface area (Å²) in [4.78, 5) is 41.9. The van der Waals surface area contributed by atoms with Gasteiger partial charge in [-0.25, -0.2) is 0 Å². The largest absolute Gasteiger partial charge is 0.342 e. The fraction of sp³-hybridized carbons (Fsp3) is 0.370. The van der Waals surface area contributed by atoms with Gasteiger partial charge in [0.25, 0.3) is 0 Å². The topological polar surface area (TPSA) is 95.5 Å². The highest BCUT2D eigenvalue weighted by Crippen LogP contribution is 2.29. The summed E-state index contributed by atoms with van der Waals surface area (Å²) in [6.45, 7) is 1.44. The number of anilines is 2. The number of rotatable bonds is 8. The molecule has 0 radical (unpaired) electrons. The van der Waals surface area contributed by atoms with E-state index in [2.05, 4.69) is 27.6 Å². The van der Waals surface area contributed by atoms with E-state index in [0.29, 0.717) is 37.6 Å². The van der Waals surface area contributed by atoms with Crippen molar-refractivity contribution in [1.82, 2.24) is 15.1 Å². The highest BCUT2D eigenvalue weighted by atomic mass is 32.2.